The van der Waals surface area contributed by atoms with Gasteiger partial charge >= 0.3 is 18.5 Å². The van der Waals surface area contributed by atoms with Crippen LogP contribution in [-0.2, 0) is 18.5 Å². The summed E-state index contributed by atoms with van der Waals surface area (Å²) in [6.07, 6.45) is -16.4. The standard InChI is InChI=1S/C32H30ClF9N4/c1-17-12-20(4)28(25(33)13-17)44-29(26-23(31(37,38)39)14-22(30(34,35)36)15-24(26)32(40,41)42)46-11-7-10-45(16-46)21(5)43-27-18(2)8-6-9-19(27)3/h6,8-9,12-15H,7,10-11,16H2,1-5H3. The zero-order valence-corrected chi connectivity index (χ0v) is 26.2. The molecule has 4 nitrogen and oxygen atoms in total. The van der Waals surface area contributed by atoms with E-state index >= 15 is 0 Å². The predicted octanol–water partition coefficient (Wildman–Crippen LogP) is 10.4. The number of alkyl halides is 9. The Balaban J connectivity index is 2.01. The van der Waals surface area contributed by atoms with E-state index in [0.717, 1.165) is 11.1 Å². The fourth-order valence-electron chi connectivity index (χ4n) is 5.39. The van der Waals surface area contributed by atoms with E-state index in [0.29, 0.717) is 29.2 Å². The molecule has 0 aliphatic carbocycles. The van der Waals surface area contributed by atoms with Crippen LogP contribution in [0.15, 0.2) is 52.4 Å². The van der Waals surface area contributed by atoms with Crippen LogP contribution in [0.3, 0.4) is 0 Å². The van der Waals surface area contributed by atoms with Crippen molar-refractivity contribution in [1.29, 1.82) is 0 Å². The van der Waals surface area contributed by atoms with Gasteiger partial charge in [0.05, 0.1) is 39.8 Å². The van der Waals surface area contributed by atoms with Crippen LogP contribution in [0.1, 0.15) is 57.9 Å². The molecule has 14 heteroatoms. The number of aryl methyl sites for hydroxylation is 4. The number of hydrogen-bond donors (Lipinski definition) is 0. The highest BCUT2D eigenvalue weighted by atomic mass is 35.5. The van der Waals surface area contributed by atoms with Gasteiger partial charge in [-0.15, -0.1) is 0 Å². The molecule has 0 amide bonds. The Labute approximate surface area is 265 Å². The van der Waals surface area contributed by atoms with Crippen molar-refractivity contribution in [3.63, 3.8) is 0 Å². The van der Waals surface area contributed by atoms with Gasteiger partial charge in [-0.3, -0.25) is 0 Å². The molecule has 3 aromatic rings. The fourth-order valence-corrected chi connectivity index (χ4v) is 5.75. The molecule has 1 aliphatic heterocycles. The van der Waals surface area contributed by atoms with Gasteiger partial charge in [0.15, 0.2) is 0 Å². The minimum atomic E-state index is -5.61. The van der Waals surface area contributed by atoms with Gasteiger partial charge in [-0.2, -0.15) is 39.5 Å². The third-order valence-electron chi connectivity index (χ3n) is 7.58. The normalized spacial score (nSPS) is 15.5. The minimum Gasteiger partial charge on any atom is -0.342 e. The van der Waals surface area contributed by atoms with Crippen molar-refractivity contribution in [2.45, 2.75) is 59.6 Å². The van der Waals surface area contributed by atoms with Crippen LogP contribution in [0.25, 0.3) is 0 Å². The lowest BCUT2D eigenvalue weighted by atomic mass is 9.94. The van der Waals surface area contributed by atoms with Crippen LogP contribution in [0.2, 0.25) is 5.02 Å². The Kier molecular flexibility index (Phi) is 9.78. The number of nitrogens with zero attached hydrogens (tertiary/aromatic N) is 4. The smallest absolute Gasteiger partial charge is 0.342 e. The Hall–Kier alpha value is -3.74. The van der Waals surface area contributed by atoms with E-state index in [-0.39, 0.29) is 42.5 Å². The van der Waals surface area contributed by atoms with Crippen LogP contribution >= 0.6 is 11.6 Å². The maximum absolute atomic E-state index is 14.5. The second-order valence-corrected chi connectivity index (χ2v) is 11.6. The number of halogens is 10. The van der Waals surface area contributed by atoms with Crippen molar-refractivity contribution in [3.05, 3.63) is 92.0 Å². The first-order valence-corrected chi connectivity index (χ1v) is 14.4. The summed E-state index contributed by atoms with van der Waals surface area (Å²) >= 11 is 6.40. The topological polar surface area (TPSA) is 31.2 Å². The molecule has 4 rings (SSSR count). The van der Waals surface area contributed by atoms with Crippen molar-refractivity contribution < 1.29 is 39.5 Å². The van der Waals surface area contributed by atoms with Crippen molar-refractivity contribution in [2.75, 3.05) is 19.8 Å². The van der Waals surface area contributed by atoms with Gasteiger partial charge in [0.1, 0.15) is 11.7 Å². The molecular formula is C32H30ClF9N4. The van der Waals surface area contributed by atoms with E-state index in [2.05, 4.69) is 4.99 Å². The van der Waals surface area contributed by atoms with Crippen LogP contribution in [0, 0.1) is 27.7 Å². The summed E-state index contributed by atoms with van der Waals surface area (Å²) in [5.74, 6) is -0.377. The molecule has 0 atom stereocenters. The van der Waals surface area contributed by atoms with E-state index in [1.54, 1.807) is 24.8 Å². The van der Waals surface area contributed by atoms with Gasteiger partial charge in [0.2, 0.25) is 0 Å². The average Bonchev–Trinajstić information content (AvgIpc) is 2.92. The summed E-state index contributed by atoms with van der Waals surface area (Å²) in [4.78, 5) is 11.9. The summed E-state index contributed by atoms with van der Waals surface area (Å²) in [7, 11) is 0. The van der Waals surface area contributed by atoms with Crippen molar-refractivity contribution in [1.82, 2.24) is 9.80 Å². The molecule has 1 saturated heterocycles. The SMILES string of the molecule is CC(=Nc1c(C)cccc1C)N1CCCN(C(=Nc2c(C)cc(C)cc2Cl)c2c(C(F)(F)F)cc(C(F)(F)F)cc2C(F)(F)F)C1. The summed E-state index contributed by atoms with van der Waals surface area (Å²) < 4.78 is 128. The van der Waals surface area contributed by atoms with E-state index in [1.165, 1.54) is 17.9 Å². The molecule has 1 aliphatic rings. The molecule has 0 aromatic heterocycles. The van der Waals surface area contributed by atoms with Crippen LogP contribution in [0.5, 0.6) is 0 Å². The highest BCUT2D eigenvalue weighted by molar-refractivity contribution is 6.33. The first kappa shape index (κ1) is 35.1. The van der Waals surface area contributed by atoms with E-state index in [9.17, 15) is 39.5 Å². The molecule has 0 radical (unpaired) electrons. The molecule has 0 spiro atoms. The first-order chi connectivity index (χ1) is 21.2. The lowest BCUT2D eigenvalue weighted by Crippen LogP contribution is -2.50. The first-order valence-electron chi connectivity index (χ1n) is 14.0. The van der Waals surface area contributed by atoms with Crippen molar-refractivity contribution in [3.8, 4) is 0 Å². The fraction of sp³-hybridized carbons (Fsp3) is 0.375. The van der Waals surface area contributed by atoms with Gasteiger partial charge in [-0.1, -0.05) is 35.9 Å². The predicted molar refractivity (Wildman–Crippen MR) is 160 cm³/mol. The Morgan fingerprint density at radius 3 is 1.74 bits per heavy atom. The molecule has 1 fully saturated rings. The molecule has 248 valence electrons. The highest BCUT2D eigenvalue weighted by Crippen LogP contribution is 2.45. The maximum atomic E-state index is 14.5. The Morgan fingerprint density at radius 1 is 0.696 bits per heavy atom. The zero-order chi connectivity index (χ0) is 34.4. The number of benzene rings is 3. The maximum Gasteiger partial charge on any atom is 0.417 e. The quantitative estimate of drug-likeness (QED) is 0.157. The van der Waals surface area contributed by atoms with Crippen molar-refractivity contribution >= 4 is 34.6 Å². The lowest BCUT2D eigenvalue weighted by Gasteiger charge is -2.39. The second-order valence-electron chi connectivity index (χ2n) is 11.2. The number of aliphatic imine (C=N–C) groups is 2. The van der Waals surface area contributed by atoms with Crippen molar-refractivity contribution in [2.24, 2.45) is 9.98 Å². The lowest BCUT2D eigenvalue weighted by molar-refractivity contribution is -0.148. The Morgan fingerprint density at radius 2 is 1.24 bits per heavy atom. The summed E-state index contributed by atoms with van der Waals surface area (Å²) in [6, 6.07) is 7.97. The van der Waals surface area contributed by atoms with Gasteiger partial charge in [-0.25, -0.2) is 9.98 Å². The summed E-state index contributed by atoms with van der Waals surface area (Å²) in [5, 5.41) is -0.0503. The number of para-hydroxylation sites is 1. The Bertz CT molecular complexity index is 1610. The van der Waals surface area contributed by atoms with E-state index < -0.39 is 46.6 Å². The zero-order valence-electron chi connectivity index (χ0n) is 25.4. The van der Waals surface area contributed by atoms with Gasteiger partial charge in [0, 0.05) is 18.7 Å². The largest absolute Gasteiger partial charge is 0.417 e. The van der Waals surface area contributed by atoms with Gasteiger partial charge in [0.25, 0.3) is 0 Å². The molecule has 1 heterocycles. The number of rotatable bonds is 3. The van der Waals surface area contributed by atoms with Crippen LogP contribution < -0.4 is 0 Å². The monoisotopic (exact) mass is 676 g/mol. The molecule has 0 bridgehead atoms. The van der Waals surface area contributed by atoms with Crippen LogP contribution in [0.4, 0.5) is 50.9 Å². The molecule has 46 heavy (non-hydrogen) atoms. The van der Waals surface area contributed by atoms with Gasteiger partial charge < -0.3 is 9.80 Å². The van der Waals surface area contributed by atoms with E-state index in [1.807, 2.05) is 32.0 Å². The third-order valence-corrected chi connectivity index (χ3v) is 7.87. The second kappa shape index (κ2) is 12.8. The summed E-state index contributed by atoms with van der Waals surface area (Å²) in [6.45, 7) is 8.63. The molecule has 3 aromatic carbocycles. The molecular weight excluding hydrogens is 647 g/mol. The third kappa shape index (κ3) is 7.62. The highest BCUT2D eigenvalue weighted by Gasteiger charge is 2.47. The van der Waals surface area contributed by atoms with Crippen LogP contribution in [-0.4, -0.2) is 41.2 Å². The summed E-state index contributed by atoms with van der Waals surface area (Å²) in [5.41, 5.74) is -4.57. The number of amidine groups is 2. The van der Waals surface area contributed by atoms with E-state index in [4.69, 9.17) is 16.6 Å². The molecule has 0 N–H and O–H groups in total. The van der Waals surface area contributed by atoms with Gasteiger partial charge in [-0.05, 0) is 81.5 Å². The molecule has 0 saturated carbocycles. The number of hydrogen-bond acceptors (Lipinski definition) is 2. The minimum absolute atomic E-state index is 0.0503. The molecule has 0 unspecified atom stereocenters. The average molecular weight is 677 g/mol.